The number of hydrogen-bond acceptors (Lipinski definition) is 3. The van der Waals surface area contributed by atoms with Gasteiger partial charge in [-0.25, -0.2) is 9.37 Å². The molecule has 0 radical (unpaired) electrons. The van der Waals surface area contributed by atoms with Crippen molar-refractivity contribution in [2.24, 2.45) is 0 Å². The number of ether oxygens (including phenoxy) is 2. The summed E-state index contributed by atoms with van der Waals surface area (Å²) in [7, 11) is 0. The summed E-state index contributed by atoms with van der Waals surface area (Å²) >= 11 is 0. The van der Waals surface area contributed by atoms with Crippen LogP contribution in [0.15, 0.2) is 36.4 Å². The third kappa shape index (κ3) is 5.23. The Kier molecular flexibility index (Phi) is 6.85. The average Bonchev–Trinajstić information content (AvgIpc) is 2.56. The lowest BCUT2D eigenvalue weighted by atomic mass is 10.1. The van der Waals surface area contributed by atoms with Gasteiger partial charge in [-0.05, 0) is 37.1 Å². The molecule has 0 aliphatic rings. The summed E-state index contributed by atoms with van der Waals surface area (Å²) in [5.41, 5.74) is 1.41. The van der Waals surface area contributed by atoms with Gasteiger partial charge in [0.2, 0.25) is 0 Å². The lowest BCUT2D eigenvalue weighted by Gasteiger charge is -2.13. The van der Waals surface area contributed by atoms with Crippen molar-refractivity contribution in [3.05, 3.63) is 42.2 Å². The second-order valence-electron chi connectivity index (χ2n) is 5.41. The second-order valence-corrected chi connectivity index (χ2v) is 5.41. The van der Waals surface area contributed by atoms with Crippen LogP contribution in [-0.2, 0) is 0 Å². The van der Waals surface area contributed by atoms with Gasteiger partial charge in [-0.2, -0.15) is 0 Å². The van der Waals surface area contributed by atoms with E-state index in [0.29, 0.717) is 30.5 Å². The van der Waals surface area contributed by atoms with Gasteiger partial charge in [0.1, 0.15) is 5.82 Å². The standard InChI is InChI=1S/C19H24FNO2/c1-3-5-12-22-18-11-10-17(15-8-7-9-16(20)14-15)21-19(18)23-13-6-4-2/h7-11,14H,3-6,12-13H2,1-2H3. The van der Waals surface area contributed by atoms with Gasteiger partial charge < -0.3 is 9.47 Å². The molecule has 124 valence electrons. The average molecular weight is 317 g/mol. The molecule has 1 aromatic heterocycles. The third-order valence-electron chi connectivity index (χ3n) is 3.44. The molecule has 1 aromatic carbocycles. The molecule has 0 bridgehead atoms. The van der Waals surface area contributed by atoms with Gasteiger partial charge in [-0.3, -0.25) is 0 Å². The minimum absolute atomic E-state index is 0.277. The van der Waals surface area contributed by atoms with Gasteiger partial charge in [-0.1, -0.05) is 38.8 Å². The maximum absolute atomic E-state index is 13.4. The fourth-order valence-corrected chi connectivity index (χ4v) is 2.09. The highest BCUT2D eigenvalue weighted by molar-refractivity contribution is 5.61. The summed E-state index contributed by atoms with van der Waals surface area (Å²) in [6, 6.07) is 10.1. The zero-order valence-corrected chi connectivity index (χ0v) is 13.8. The summed E-state index contributed by atoms with van der Waals surface area (Å²) in [6.45, 7) is 5.47. The van der Waals surface area contributed by atoms with E-state index < -0.39 is 0 Å². The van der Waals surface area contributed by atoms with E-state index in [9.17, 15) is 4.39 Å². The maximum atomic E-state index is 13.4. The first kappa shape index (κ1) is 17.3. The molecule has 0 amide bonds. The van der Waals surface area contributed by atoms with E-state index in [1.165, 1.54) is 12.1 Å². The van der Waals surface area contributed by atoms with Gasteiger partial charge in [0.25, 0.3) is 5.88 Å². The lowest BCUT2D eigenvalue weighted by Crippen LogP contribution is -2.04. The monoisotopic (exact) mass is 317 g/mol. The van der Waals surface area contributed by atoms with E-state index in [0.717, 1.165) is 31.2 Å². The fraction of sp³-hybridized carbons (Fsp3) is 0.421. The van der Waals surface area contributed by atoms with Crippen LogP contribution in [0, 0.1) is 5.82 Å². The first-order chi connectivity index (χ1) is 11.2. The lowest BCUT2D eigenvalue weighted by molar-refractivity contribution is 0.253. The van der Waals surface area contributed by atoms with Crippen molar-refractivity contribution in [3.8, 4) is 22.9 Å². The van der Waals surface area contributed by atoms with Gasteiger partial charge in [0.15, 0.2) is 5.75 Å². The smallest absolute Gasteiger partial charge is 0.257 e. The molecule has 0 N–H and O–H groups in total. The van der Waals surface area contributed by atoms with Crippen molar-refractivity contribution in [1.29, 1.82) is 0 Å². The fourth-order valence-electron chi connectivity index (χ4n) is 2.09. The van der Waals surface area contributed by atoms with Crippen LogP contribution < -0.4 is 9.47 Å². The van der Waals surface area contributed by atoms with Crippen LogP contribution in [0.2, 0.25) is 0 Å². The Balaban J connectivity index is 2.22. The Morgan fingerprint density at radius 3 is 2.39 bits per heavy atom. The normalized spacial score (nSPS) is 10.6. The highest BCUT2D eigenvalue weighted by Crippen LogP contribution is 2.29. The first-order valence-electron chi connectivity index (χ1n) is 8.27. The number of aromatic nitrogens is 1. The zero-order chi connectivity index (χ0) is 16.5. The summed E-state index contributed by atoms with van der Waals surface area (Å²) in [4.78, 5) is 4.52. The van der Waals surface area contributed by atoms with Crippen molar-refractivity contribution < 1.29 is 13.9 Å². The number of nitrogens with zero attached hydrogens (tertiary/aromatic N) is 1. The summed E-state index contributed by atoms with van der Waals surface area (Å²) in [6.07, 6.45) is 4.07. The molecule has 3 nitrogen and oxygen atoms in total. The van der Waals surface area contributed by atoms with Crippen LogP contribution in [-0.4, -0.2) is 18.2 Å². The molecular weight excluding hydrogens is 293 g/mol. The molecule has 1 heterocycles. The zero-order valence-electron chi connectivity index (χ0n) is 13.8. The van der Waals surface area contributed by atoms with E-state index >= 15 is 0 Å². The van der Waals surface area contributed by atoms with Crippen molar-refractivity contribution in [2.45, 2.75) is 39.5 Å². The minimum atomic E-state index is -0.277. The van der Waals surface area contributed by atoms with Gasteiger partial charge in [0, 0.05) is 5.56 Å². The van der Waals surface area contributed by atoms with Crippen LogP contribution in [0.3, 0.4) is 0 Å². The predicted molar refractivity (Wildman–Crippen MR) is 90.4 cm³/mol. The molecule has 0 fully saturated rings. The van der Waals surface area contributed by atoms with E-state index in [1.54, 1.807) is 6.07 Å². The molecular formula is C19H24FNO2. The molecule has 4 heteroatoms. The summed E-state index contributed by atoms with van der Waals surface area (Å²) < 4.78 is 24.9. The van der Waals surface area contributed by atoms with Crippen LogP contribution in [0.4, 0.5) is 4.39 Å². The Bertz CT molecular complexity index is 616. The Hall–Kier alpha value is -2.10. The van der Waals surface area contributed by atoms with Crippen molar-refractivity contribution in [1.82, 2.24) is 4.98 Å². The minimum Gasteiger partial charge on any atom is -0.488 e. The van der Waals surface area contributed by atoms with Crippen molar-refractivity contribution in [3.63, 3.8) is 0 Å². The highest BCUT2D eigenvalue weighted by atomic mass is 19.1. The second kappa shape index (κ2) is 9.13. The van der Waals surface area contributed by atoms with Crippen LogP contribution in [0.1, 0.15) is 39.5 Å². The molecule has 0 aliphatic carbocycles. The van der Waals surface area contributed by atoms with Gasteiger partial charge in [-0.15, -0.1) is 0 Å². The number of rotatable bonds is 9. The van der Waals surface area contributed by atoms with Crippen LogP contribution >= 0.6 is 0 Å². The number of pyridine rings is 1. The van der Waals surface area contributed by atoms with Crippen LogP contribution in [0.25, 0.3) is 11.3 Å². The highest BCUT2D eigenvalue weighted by Gasteiger charge is 2.10. The summed E-state index contributed by atoms with van der Waals surface area (Å²) in [5.74, 6) is 0.854. The van der Waals surface area contributed by atoms with E-state index in [1.807, 2.05) is 18.2 Å². The molecule has 23 heavy (non-hydrogen) atoms. The first-order valence-corrected chi connectivity index (χ1v) is 8.27. The third-order valence-corrected chi connectivity index (χ3v) is 3.44. The molecule has 0 saturated heterocycles. The van der Waals surface area contributed by atoms with Crippen molar-refractivity contribution in [2.75, 3.05) is 13.2 Å². The molecule has 2 rings (SSSR count). The Morgan fingerprint density at radius 2 is 1.70 bits per heavy atom. The maximum Gasteiger partial charge on any atom is 0.257 e. The molecule has 0 spiro atoms. The van der Waals surface area contributed by atoms with Crippen molar-refractivity contribution >= 4 is 0 Å². The number of unbranched alkanes of at least 4 members (excludes halogenated alkanes) is 2. The van der Waals surface area contributed by atoms with E-state index in [2.05, 4.69) is 18.8 Å². The number of hydrogen-bond donors (Lipinski definition) is 0. The topological polar surface area (TPSA) is 31.4 Å². The molecule has 0 atom stereocenters. The SMILES string of the molecule is CCCCOc1ccc(-c2cccc(F)c2)nc1OCCCC. The number of benzene rings is 1. The van der Waals surface area contributed by atoms with Gasteiger partial charge in [0.05, 0.1) is 18.9 Å². The largest absolute Gasteiger partial charge is 0.488 e. The molecule has 0 aliphatic heterocycles. The summed E-state index contributed by atoms with van der Waals surface area (Å²) in [5, 5.41) is 0. The van der Waals surface area contributed by atoms with E-state index in [-0.39, 0.29) is 5.82 Å². The van der Waals surface area contributed by atoms with Crippen LogP contribution in [0.5, 0.6) is 11.6 Å². The Labute approximate surface area is 137 Å². The van der Waals surface area contributed by atoms with Gasteiger partial charge >= 0.3 is 0 Å². The molecule has 0 unspecified atom stereocenters. The number of halogens is 1. The van der Waals surface area contributed by atoms with E-state index in [4.69, 9.17) is 9.47 Å². The Morgan fingerprint density at radius 1 is 0.957 bits per heavy atom. The molecule has 0 saturated carbocycles. The quantitative estimate of drug-likeness (QED) is 0.592. The predicted octanol–water partition coefficient (Wildman–Crippen LogP) is 5.25. The molecule has 2 aromatic rings.